The van der Waals surface area contributed by atoms with Gasteiger partial charge in [0.15, 0.2) is 5.56 Å². The van der Waals surface area contributed by atoms with Gasteiger partial charge in [0.05, 0.1) is 31.5 Å². The highest BCUT2D eigenvalue weighted by atomic mass is 16.5. The van der Waals surface area contributed by atoms with Crippen molar-refractivity contribution in [3.63, 3.8) is 0 Å². The molecule has 3 fully saturated rings. The number of hydrogen-bond donors (Lipinski definition) is 2. The van der Waals surface area contributed by atoms with Gasteiger partial charge >= 0.3 is 0 Å². The molecular weight excluding hydrogens is 438 g/mol. The first-order valence-corrected chi connectivity index (χ1v) is 12.1. The summed E-state index contributed by atoms with van der Waals surface area (Å²) in [6.07, 6.45) is 9.31. The number of nitrogens with one attached hydrogen (secondary N) is 1. The second-order valence-electron chi connectivity index (χ2n) is 9.95. The number of aromatic hydroxyl groups is 1. The van der Waals surface area contributed by atoms with Crippen molar-refractivity contribution in [2.24, 2.45) is 5.92 Å². The number of piperidine rings is 1. The molecule has 2 aliphatic heterocycles. The van der Waals surface area contributed by atoms with Gasteiger partial charge < -0.3 is 20.1 Å². The molecule has 1 saturated carbocycles. The number of ether oxygens (including phenoxy) is 1. The summed E-state index contributed by atoms with van der Waals surface area (Å²) in [7, 11) is 0. The van der Waals surface area contributed by atoms with E-state index in [0.717, 1.165) is 36.6 Å². The summed E-state index contributed by atoms with van der Waals surface area (Å²) in [5, 5.41) is 18.0. The Labute approximate surface area is 197 Å². The molecule has 10 heteroatoms. The van der Waals surface area contributed by atoms with Crippen molar-refractivity contribution >= 4 is 23.5 Å². The molecular formula is C24H31N5O5. The van der Waals surface area contributed by atoms with Gasteiger partial charge in [-0.1, -0.05) is 13.8 Å². The van der Waals surface area contributed by atoms with E-state index in [2.05, 4.69) is 10.4 Å². The van der Waals surface area contributed by atoms with Crippen molar-refractivity contribution in [1.29, 1.82) is 0 Å². The minimum Gasteiger partial charge on any atom is -0.494 e. The van der Waals surface area contributed by atoms with E-state index in [1.54, 1.807) is 6.08 Å². The Morgan fingerprint density at radius 3 is 2.59 bits per heavy atom. The van der Waals surface area contributed by atoms with Crippen LogP contribution in [-0.2, 0) is 16.1 Å². The normalized spacial score (nSPS) is 22.6. The van der Waals surface area contributed by atoms with Crippen LogP contribution in [0.1, 0.15) is 61.9 Å². The van der Waals surface area contributed by atoms with Gasteiger partial charge in [-0.25, -0.2) is 0 Å². The molecule has 2 amide bonds. The molecule has 0 spiro atoms. The average Bonchev–Trinajstić information content (AvgIpc) is 3.49. The molecule has 34 heavy (non-hydrogen) atoms. The molecule has 182 valence electrons. The van der Waals surface area contributed by atoms with E-state index in [1.165, 1.54) is 16.8 Å². The molecule has 3 aliphatic rings. The van der Waals surface area contributed by atoms with Gasteiger partial charge in [0.25, 0.3) is 11.5 Å². The van der Waals surface area contributed by atoms with Crippen LogP contribution in [0, 0.1) is 5.92 Å². The summed E-state index contributed by atoms with van der Waals surface area (Å²) in [4.78, 5) is 40.8. The SMILES string of the molecule is CC(C)Cn1c(O)c(C(=O)NC2CC2)c(=O)n2ncc(C=CC(=O)N3C4CCCC3COC4)c12. The number of aromatic nitrogens is 3. The standard InChI is InChI=1S/C24H31N5O5/c1-14(2)11-27-22-15(6-9-19(30)28-17-4-3-5-18(28)13-34-12-17)10-25-29(22)24(33)20(23(27)32)21(31)26-16-7-8-16/h6,9-10,14,16-18,32H,3-5,7-8,11-13H2,1-2H3,(H,26,31). The van der Waals surface area contributed by atoms with Crippen LogP contribution in [-0.4, -0.2) is 67.3 Å². The Bertz CT molecular complexity index is 1190. The molecule has 2 aromatic rings. The topological polar surface area (TPSA) is 118 Å². The fourth-order valence-electron chi connectivity index (χ4n) is 4.99. The highest BCUT2D eigenvalue weighted by molar-refractivity contribution is 5.97. The highest BCUT2D eigenvalue weighted by Gasteiger charge is 2.37. The molecule has 0 radical (unpaired) electrons. The first-order valence-electron chi connectivity index (χ1n) is 12.1. The summed E-state index contributed by atoms with van der Waals surface area (Å²) >= 11 is 0. The summed E-state index contributed by atoms with van der Waals surface area (Å²) in [6, 6.07) is 0.218. The van der Waals surface area contributed by atoms with E-state index in [-0.39, 0.29) is 41.4 Å². The number of morpholine rings is 1. The summed E-state index contributed by atoms with van der Waals surface area (Å²) in [5.74, 6) is -0.947. The minimum absolute atomic E-state index is 0.0438. The maximum absolute atomic E-state index is 13.1. The van der Waals surface area contributed by atoms with Crippen LogP contribution in [0.25, 0.3) is 11.7 Å². The van der Waals surface area contributed by atoms with Crippen molar-refractivity contribution in [1.82, 2.24) is 24.4 Å². The van der Waals surface area contributed by atoms with Gasteiger partial charge in [-0.2, -0.15) is 9.61 Å². The van der Waals surface area contributed by atoms with Crippen LogP contribution in [0.15, 0.2) is 17.1 Å². The summed E-state index contributed by atoms with van der Waals surface area (Å²) < 4.78 is 8.31. The zero-order valence-corrected chi connectivity index (χ0v) is 19.6. The largest absolute Gasteiger partial charge is 0.494 e. The maximum Gasteiger partial charge on any atom is 0.291 e. The van der Waals surface area contributed by atoms with Gasteiger partial charge in [0.2, 0.25) is 11.8 Å². The first-order chi connectivity index (χ1) is 16.3. The smallest absolute Gasteiger partial charge is 0.291 e. The van der Waals surface area contributed by atoms with E-state index in [9.17, 15) is 19.5 Å². The van der Waals surface area contributed by atoms with Crippen LogP contribution in [0.4, 0.5) is 0 Å². The summed E-state index contributed by atoms with van der Waals surface area (Å²) in [6.45, 7) is 5.43. The third kappa shape index (κ3) is 4.11. The Balaban J connectivity index is 1.52. The lowest BCUT2D eigenvalue weighted by Crippen LogP contribution is -2.56. The van der Waals surface area contributed by atoms with Crippen molar-refractivity contribution in [3.05, 3.63) is 33.8 Å². The predicted octanol–water partition coefficient (Wildman–Crippen LogP) is 1.54. The Kier molecular flexibility index (Phi) is 5.93. The molecule has 2 bridgehead atoms. The predicted molar refractivity (Wildman–Crippen MR) is 125 cm³/mol. The fourth-order valence-corrected chi connectivity index (χ4v) is 4.99. The number of carbonyl (C=O) groups excluding carboxylic acids is 2. The number of nitrogens with zero attached hydrogens (tertiary/aromatic N) is 4. The van der Waals surface area contributed by atoms with Crippen molar-refractivity contribution in [2.75, 3.05) is 13.2 Å². The fraction of sp³-hybridized carbons (Fsp3) is 0.583. The second kappa shape index (κ2) is 8.90. The van der Waals surface area contributed by atoms with E-state index in [4.69, 9.17) is 4.74 Å². The quantitative estimate of drug-likeness (QED) is 0.620. The lowest BCUT2D eigenvalue weighted by atomic mass is 9.94. The van der Waals surface area contributed by atoms with Gasteiger partial charge in [0, 0.05) is 24.2 Å². The lowest BCUT2D eigenvalue weighted by Gasteiger charge is -2.45. The Morgan fingerprint density at radius 2 is 1.94 bits per heavy atom. The third-order valence-corrected chi connectivity index (χ3v) is 6.74. The minimum atomic E-state index is -0.681. The van der Waals surface area contributed by atoms with E-state index in [1.807, 2.05) is 18.7 Å². The van der Waals surface area contributed by atoms with Crippen molar-refractivity contribution in [2.45, 2.75) is 70.6 Å². The number of fused-ring (bicyclic) bond motifs is 3. The van der Waals surface area contributed by atoms with Gasteiger partial charge in [0.1, 0.15) is 5.65 Å². The molecule has 2 unspecified atom stereocenters. The van der Waals surface area contributed by atoms with Crippen LogP contribution in [0.3, 0.4) is 0 Å². The van der Waals surface area contributed by atoms with E-state index in [0.29, 0.717) is 31.0 Å². The lowest BCUT2D eigenvalue weighted by molar-refractivity contribution is -0.145. The van der Waals surface area contributed by atoms with Gasteiger partial charge in [-0.15, -0.1) is 0 Å². The molecule has 5 rings (SSSR count). The number of hydrogen-bond acceptors (Lipinski definition) is 6. The molecule has 10 nitrogen and oxygen atoms in total. The molecule has 1 aliphatic carbocycles. The molecule has 2 saturated heterocycles. The molecule has 0 aromatic carbocycles. The van der Waals surface area contributed by atoms with E-state index >= 15 is 0 Å². The number of carbonyl (C=O) groups is 2. The second-order valence-corrected chi connectivity index (χ2v) is 9.95. The van der Waals surface area contributed by atoms with Crippen LogP contribution >= 0.6 is 0 Å². The Hall–Kier alpha value is -3.14. The summed E-state index contributed by atoms with van der Waals surface area (Å²) in [5.41, 5.74) is -0.116. The number of amides is 2. The average molecular weight is 470 g/mol. The van der Waals surface area contributed by atoms with Crippen LogP contribution < -0.4 is 10.9 Å². The van der Waals surface area contributed by atoms with E-state index < -0.39 is 11.5 Å². The Morgan fingerprint density at radius 1 is 1.24 bits per heavy atom. The molecule has 2 atom stereocenters. The first kappa shape index (κ1) is 22.6. The highest BCUT2D eigenvalue weighted by Crippen LogP contribution is 2.28. The zero-order valence-electron chi connectivity index (χ0n) is 19.6. The molecule has 4 heterocycles. The van der Waals surface area contributed by atoms with Crippen LogP contribution in [0.2, 0.25) is 0 Å². The van der Waals surface area contributed by atoms with Crippen LogP contribution in [0.5, 0.6) is 5.88 Å². The maximum atomic E-state index is 13.1. The van der Waals surface area contributed by atoms with Crippen molar-refractivity contribution < 1.29 is 19.4 Å². The van der Waals surface area contributed by atoms with Gasteiger partial charge in [-0.3, -0.25) is 19.0 Å². The van der Waals surface area contributed by atoms with Gasteiger partial charge in [-0.05, 0) is 44.1 Å². The number of rotatable bonds is 6. The van der Waals surface area contributed by atoms with Crippen molar-refractivity contribution in [3.8, 4) is 5.88 Å². The third-order valence-electron chi connectivity index (χ3n) is 6.74. The molecule has 2 N–H and O–H groups in total. The zero-order chi connectivity index (χ0) is 24.0. The monoisotopic (exact) mass is 469 g/mol. The molecule has 2 aromatic heterocycles.